The van der Waals surface area contributed by atoms with Crippen LogP contribution in [0, 0.1) is 0 Å². The molecular weight excluding hydrogens is 334 g/mol. The largest absolute Gasteiger partial charge is 0.348 e. The maximum absolute atomic E-state index is 12.8. The molecule has 3 heterocycles. The Morgan fingerprint density at radius 1 is 1.19 bits per heavy atom. The molecule has 2 aliphatic rings. The van der Waals surface area contributed by atoms with Crippen LogP contribution in [0.2, 0.25) is 0 Å². The average molecular weight is 353 g/mol. The van der Waals surface area contributed by atoms with Crippen molar-refractivity contribution in [1.82, 2.24) is 20.2 Å². The molecule has 1 aromatic carbocycles. The summed E-state index contributed by atoms with van der Waals surface area (Å²) in [6.07, 6.45) is 5.47. The molecule has 0 spiro atoms. The van der Waals surface area contributed by atoms with Crippen LogP contribution < -0.4 is 10.2 Å². The fourth-order valence-corrected chi connectivity index (χ4v) is 3.50. The van der Waals surface area contributed by atoms with Crippen LogP contribution in [0.15, 0.2) is 36.7 Å². The molecule has 8 nitrogen and oxygen atoms in total. The Hall–Kier alpha value is -3.16. The standard InChI is InChI=1S/C18H19N5O3/c24-15-11-23(18(26)21-15)14-5-3-12(4-6-14)17(25)22-9-1-2-13(10-22)16-19-7-8-20-16/h3-8,13H,1-2,9-11H2,(H,19,20)(H,21,24,26)/t13-/m1/s1. The van der Waals surface area contributed by atoms with Gasteiger partial charge >= 0.3 is 6.03 Å². The van der Waals surface area contributed by atoms with E-state index in [1.165, 1.54) is 4.90 Å². The van der Waals surface area contributed by atoms with Crippen LogP contribution in [0.4, 0.5) is 10.5 Å². The Balaban J connectivity index is 1.46. The van der Waals surface area contributed by atoms with E-state index in [9.17, 15) is 14.4 Å². The Morgan fingerprint density at radius 2 is 2.00 bits per heavy atom. The Morgan fingerprint density at radius 3 is 2.65 bits per heavy atom. The van der Waals surface area contributed by atoms with Gasteiger partial charge in [-0.2, -0.15) is 0 Å². The number of carbonyl (C=O) groups excluding carboxylic acids is 3. The van der Waals surface area contributed by atoms with Crippen molar-refractivity contribution in [3.05, 3.63) is 48.0 Å². The second-order valence-electron chi connectivity index (χ2n) is 6.55. The minimum Gasteiger partial charge on any atom is -0.348 e. The molecule has 8 heteroatoms. The smallest absolute Gasteiger partial charge is 0.329 e. The first kappa shape index (κ1) is 16.3. The van der Waals surface area contributed by atoms with E-state index in [4.69, 9.17) is 0 Å². The van der Waals surface area contributed by atoms with E-state index in [1.54, 1.807) is 36.7 Å². The molecule has 2 aliphatic heterocycles. The molecule has 4 amide bonds. The number of aromatic amines is 1. The lowest BCUT2D eigenvalue weighted by molar-refractivity contribution is -0.117. The molecule has 1 aromatic heterocycles. The van der Waals surface area contributed by atoms with Crippen molar-refractivity contribution in [2.75, 3.05) is 24.5 Å². The highest BCUT2D eigenvalue weighted by molar-refractivity contribution is 6.12. The molecule has 1 atom stereocenters. The maximum Gasteiger partial charge on any atom is 0.329 e. The van der Waals surface area contributed by atoms with Crippen LogP contribution in [0.3, 0.4) is 0 Å². The molecule has 0 saturated carbocycles. The summed E-state index contributed by atoms with van der Waals surface area (Å²) in [4.78, 5) is 46.5. The summed E-state index contributed by atoms with van der Waals surface area (Å²) >= 11 is 0. The SMILES string of the molecule is O=C1CN(c2ccc(C(=O)N3CCC[C@@H](c4ncc[nH]4)C3)cc2)C(=O)N1. The van der Waals surface area contributed by atoms with Crippen molar-refractivity contribution in [2.24, 2.45) is 0 Å². The number of hydrogen-bond acceptors (Lipinski definition) is 4. The van der Waals surface area contributed by atoms with E-state index in [1.807, 2.05) is 4.90 Å². The minimum absolute atomic E-state index is 0.00305. The number of benzene rings is 1. The highest BCUT2D eigenvalue weighted by Gasteiger charge is 2.29. The van der Waals surface area contributed by atoms with Gasteiger partial charge in [0.05, 0.1) is 0 Å². The summed E-state index contributed by atoms with van der Waals surface area (Å²) in [5.41, 5.74) is 1.16. The normalized spacial score (nSPS) is 20.4. The summed E-state index contributed by atoms with van der Waals surface area (Å²) in [5, 5.41) is 2.24. The van der Waals surface area contributed by atoms with Crippen molar-refractivity contribution < 1.29 is 14.4 Å². The van der Waals surface area contributed by atoms with Gasteiger partial charge in [-0.1, -0.05) is 0 Å². The number of imidazole rings is 1. The van der Waals surface area contributed by atoms with E-state index in [0.717, 1.165) is 25.2 Å². The topological polar surface area (TPSA) is 98.4 Å². The third-order valence-corrected chi connectivity index (χ3v) is 4.83. The zero-order chi connectivity index (χ0) is 18.1. The minimum atomic E-state index is -0.439. The van der Waals surface area contributed by atoms with Crippen molar-refractivity contribution in [1.29, 1.82) is 0 Å². The molecule has 2 fully saturated rings. The Labute approximate surface area is 150 Å². The van der Waals surface area contributed by atoms with Crippen molar-refractivity contribution in [2.45, 2.75) is 18.8 Å². The van der Waals surface area contributed by atoms with Crippen molar-refractivity contribution >= 4 is 23.5 Å². The van der Waals surface area contributed by atoms with Gasteiger partial charge in [0.2, 0.25) is 5.91 Å². The molecule has 0 unspecified atom stereocenters. The second-order valence-corrected chi connectivity index (χ2v) is 6.55. The van der Waals surface area contributed by atoms with E-state index in [0.29, 0.717) is 17.8 Å². The number of carbonyl (C=O) groups is 3. The van der Waals surface area contributed by atoms with Crippen LogP contribution in [-0.4, -0.2) is 52.3 Å². The number of aromatic nitrogens is 2. The fraction of sp³-hybridized carbons (Fsp3) is 0.333. The van der Waals surface area contributed by atoms with E-state index in [2.05, 4.69) is 15.3 Å². The van der Waals surface area contributed by atoms with Crippen LogP contribution in [-0.2, 0) is 4.79 Å². The molecule has 134 valence electrons. The number of nitrogens with one attached hydrogen (secondary N) is 2. The number of anilines is 1. The first-order valence-corrected chi connectivity index (χ1v) is 8.62. The molecule has 2 aromatic rings. The van der Waals surface area contributed by atoms with Gasteiger partial charge < -0.3 is 9.88 Å². The summed E-state index contributed by atoms with van der Waals surface area (Å²) in [6, 6.07) is 6.35. The lowest BCUT2D eigenvalue weighted by Gasteiger charge is -2.32. The zero-order valence-electron chi connectivity index (χ0n) is 14.1. The molecule has 2 saturated heterocycles. The highest BCUT2D eigenvalue weighted by atomic mass is 16.2. The quantitative estimate of drug-likeness (QED) is 0.817. The predicted molar refractivity (Wildman–Crippen MR) is 93.8 cm³/mol. The lowest BCUT2D eigenvalue weighted by Crippen LogP contribution is -2.39. The monoisotopic (exact) mass is 353 g/mol. The lowest BCUT2D eigenvalue weighted by atomic mass is 9.96. The van der Waals surface area contributed by atoms with Gasteiger partial charge in [-0.05, 0) is 37.1 Å². The van der Waals surface area contributed by atoms with Gasteiger partial charge in [0.25, 0.3) is 5.91 Å². The third-order valence-electron chi connectivity index (χ3n) is 4.83. The van der Waals surface area contributed by atoms with Crippen LogP contribution in [0.25, 0.3) is 0 Å². The van der Waals surface area contributed by atoms with Gasteiger partial charge in [0.15, 0.2) is 0 Å². The Bertz CT molecular complexity index is 831. The number of hydrogen-bond donors (Lipinski definition) is 2. The molecule has 0 bridgehead atoms. The molecule has 26 heavy (non-hydrogen) atoms. The number of nitrogens with zero attached hydrogens (tertiary/aromatic N) is 3. The third kappa shape index (κ3) is 3.05. The first-order valence-electron chi connectivity index (χ1n) is 8.62. The van der Waals surface area contributed by atoms with Gasteiger partial charge in [0, 0.05) is 42.7 Å². The number of H-pyrrole nitrogens is 1. The van der Waals surface area contributed by atoms with Gasteiger partial charge in [-0.3, -0.25) is 19.8 Å². The summed E-state index contributed by atoms with van der Waals surface area (Å²) in [7, 11) is 0. The molecule has 2 N–H and O–H groups in total. The molecule has 0 radical (unpaired) electrons. The summed E-state index contributed by atoms with van der Waals surface area (Å²) in [6.45, 7) is 1.36. The number of urea groups is 1. The highest BCUT2D eigenvalue weighted by Crippen LogP contribution is 2.26. The van der Waals surface area contributed by atoms with Crippen LogP contribution in [0.5, 0.6) is 0 Å². The van der Waals surface area contributed by atoms with Crippen LogP contribution >= 0.6 is 0 Å². The first-order chi connectivity index (χ1) is 12.6. The Kier molecular flexibility index (Phi) is 4.16. The molecule has 4 rings (SSSR count). The fourth-order valence-electron chi connectivity index (χ4n) is 3.50. The van der Waals surface area contributed by atoms with Crippen molar-refractivity contribution in [3.63, 3.8) is 0 Å². The number of likely N-dealkylation sites (tertiary alicyclic amines) is 1. The van der Waals surface area contributed by atoms with Gasteiger partial charge in [0.1, 0.15) is 12.4 Å². The number of amides is 4. The molecular formula is C18H19N5O3. The molecule has 0 aliphatic carbocycles. The summed E-state index contributed by atoms with van der Waals surface area (Å²) in [5.74, 6) is 0.783. The number of imide groups is 1. The van der Waals surface area contributed by atoms with Crippen LogP contribution in [0.1, 0.15) is 34.9 Å². The maximum atomic E-state index is 12.8. The number of rotatable bonds is 3. The van der Waals surface area contributed by atoms with E-state index < -0.39 is 6.03 Å². The zero-order valence-corrected chi connectivity index (χ0v) is 14.1. The van der Waals surface area contributed by atoms with E-state index in [-0.39, 0.29) is 24.3 Å². The predicted octanol–water partition coefficient (Wildman–Crippen LogP) is 1.49. The summed E-state index contributed by atoms with van der Waals surface area (Å²) < 4.78 is 0. The average Bonchev–Trinajstić information content (AvgIpc) is 3.31. The van der Waals surface area contributed by atoms with Gasteiger partial charge in [-0.15, -0.1) is 0 Å². The van der Waals surface area contributed by atoms with Gasteiger partial charge in [-0.25, -0.2) is 9.78 Å². The van der Waals surface area contributed by atoms with E-state index >= 15 is 0 Å². The second kappa shape index (κ2) is 6.62. The number of piperidine rings is 1. The van der Waals surface area contributed by atoms with Crippen molar-refractivity contribution in [3.8, 4) is 0 Å².